The van der Waals surface area contributed by atoms with Crippen LogP contribution in [0, 0.1) is 0 Å². The molecule has 160 valence electrons. The standard InChI is InChI=1S/C30H19N3S/c1-2-10-27-24(7-1)29-28(12-11-20-13-16-34-30(20)29)33(27)23-18-21(25-8-3-5-14-31-25)17-22(19-23)26-9-4-6-15-32-26/h1-19H. The first kappa shape index (κ1) is 19.2. The summed E-state index contributed by atoms with van der Waals surface area (Å²) in [7, 11) is 0. The van der Waals surface area contributed by atoms with E-state index in [1.807, 2.05) is 36.7 Å². The molecular weight excluding hydrogens is 434 g/mol. The second-order valence-electron chi connectivity index (χ2n) is 8.35. The van der Waals surface area contributed by atoms with Crippen molar-refractivity contribution in [1.82, 2.24) is 14.5 Å². The van der Waals surface area contributed by atoms with E-state index in [0.29, 0.717) is 0 Å². The highest BCUT2D eigenvalue weighted by Gasteiger charge is 2.17. The van der Waals surface area contributed by atoms with Gasteiger partial charge < -0.3 is 4.57 Å². The van der Waals surface area contributed by atoms with Crippen LogP contribution in [0.5, 0.6) is 0 Å². The lowest BCUT2D eigenvalue weighted by molar-refractivity contribution is 1.18. The van der Waals surface area contributed by atoms with Crippen LogP contribution in [0.2, 0.25) is 0 Å². The van der Waals surface area contributed by atoms with E-state index < -0.39 is 0 Å². The first-order chi connectivity index (χ1) is 16.9. The van der Waals surface area contributed by atoms with Gasteiger partial charge in [-0.2, -0.15) is 0 Å². The summed E-state index contributed by atoms with van der Waals surface area (Å²) in [6, 6.07) is 34.1. The summed E-state index contributed by atoms with van der Waals surface area (Å²) in [4.78, 5) is 9.27. The van der Waals surface area contributed by atoms with Crippen LogP contribution in [-0.2, 0) is 0 Å². The Kier molecular flexibility index (Phi) is 4.32. The molecule has 0 N–H and O–H groups in total. The number of hydrogen-bond donors (Lipinski definition) is 0. The molecule has 0 fully saturated rings. The summed E-state index contributed by atoms with van der Waals surface area (Å²) in [5, 5.41) is 6.05. The van der Waals surface area contributed by atoms with E-state index in [1.165, 1.54) is 31.9 Å². The number of fused-ring (bicyclic) bond motifs is 5. The largest absolute Gasteiger partial charge is 0.309 e. The Morgan fingerprint density at radius 1 is 0.618 bits per heavy atom. The van der Waals surface area contributed by atoms with Crippen LogP contribution in [0.4, 0.5) is 0 Å². The molecule has 4 aromatic heterocycles. The molecule has 3 nitrogen and oxygen atoms in total. The zero-order valence-electron chi connectivity index (χ0n) is 18.2. The molecule has 0 aliphatic carbocycles. The predicted octanol–water partition coefficient (Wildman–Crippen LogP) is 8.12. The number of nitrogens with zero attached hydrogens (tertiary/aromatic N) is 3. The lowest BCUT2D eigenvalue weighted by Crippen LogP contribution is -1.96. The van der Waals surface area contributed by atoms with Gasteiger partial charge in [-0.15, -0.1) is 11.3 Å². The molecule has 34 heavy (non-hydrogen) atoms. The van der Waals surface area contributed by atoms with Crippen molar-refractivity contribution < 1.29 is 0 Å². The summed E-state index contributed by atoms with van der Waals surface area (Å²) in [6.45, 7) is 0. The van der Waals surface area contributed by atoms with Crippen LogP contribution in [0.25, 0.3) is 60.1 Å². The van der Waals surface area contributed by atoms with Gasteiger partial charge >= 0.3 is 0 Å². The number of rotatable bonds is 3. The Morgan fingerprint density at radius 2 is 1.32 bits per heavy atom. The molecule has 0 saturated carbocycles. The molecule has 7 aromatic rings. The lowest BCUT2D eigenvalue weighted by Gasteiger charge is -2.13. The first-order valence-corrected chi connectivity index (χ1v) is 12.1. The van der Waals surface area contributed by atoms with Gasteiger partial charge in [0.25, 0.3) is 0 Å². The molecule has 0 atom stereocenters. The van der Waals surface area contributed by atoms with Gasteiger partial charge in [0.05, 0.1) is 22.4 Å². The van der Waals surface area contributed by atoms with Crippen molar-refractivity contribution in [2.45, 2.75) is 0 Å². The highest BCUT2D eigenvalue weighted by Crippen LogP contribution is 2.40. The Hall–Kier alpha value is -4.28. The molecule has 3 aromatic carbocycles. The summed E-state index contributed by atoms with van der Waals surface area (Å²) in [5.41, 5.74) is 7.55. The van der Waals surface area contributed by atoms with Gasteiger partial charge in [0.15, 0.2) is 0 Å². The summed E-state index contributed by atoms with van der Waals surface area (Å²) >= 11 is 1.81. The smallest absolute Gasteiger partial charge is 0.0702 e. The second kappa shape index (κ2) is 7.65. The fraction of sp³-hybridized carbons (Fsp3) is 0. The van der Waals surface area contributed by atoms with Crippen molar-refractivity contribution in [3.05, 3.63) is 115 Å². The monoisotopic (exact) mass is 453 g/mol. The highest BCUT2D eigenvalue weighted by atomic mass is 32.1. The van der Waals surface area contributed by atoms with Crippen molar-refractivity contribution in [2.24, 2.45) is 0 Å². The fourth-order valence-electron chi connectivity index (χ4n) is 4.86. The molecular formula is C30H19N3S. The molecule has 7 rings (SSSR count). The van der Waals surface area contributed by atoms with E-state index in [0.717, 1.165) is 28.2 Å². The number of aromatic nitrogens is 3. The average Bonchev–Trinajstić information content (AvgIpc) is 3.52. The number of benzene rings is 3. The number of pyridine rings is 2. The molecule has 0 unspecified atom stereocenters. The lowest BCUT2D eigenvalue weighted by atomic mass is 10.0. The quantitative estimate of drug-likeness (QED) is 0.270. The molecule has 0 amide bonds. The predicted molar refractivity (Wildman–Crippen MR) is 143 cm³/mol. The highest BCUT2D eigenvalue weighted by molar-refractivity contribution is 7.18. The normalized spacial score (nSPS) is 11.5. The van der Waals surface area contributed by atoms with Crippen molar-refractivity contribution in [3.63, 3.8) is 0 Å². The minimum absolute atomic E-state index is 0.947. The third-order valence-electron chi connectivity index (χ3n) is 6.35. The zero-order chi connectivity index (χ0) is 22.5. The van der Waals surface area contributed by atoms with Crippen LogP contribution in [0.1, 0.15) is 0 Å². The van der Waals surface area contributed by atoms with Crippen molar-refractivity contribution in [2.75, 3.05) is 0 Å². The van der Waals surface area contributed by atoms with Crippen LogP contribution < -0.4 is 0 Å². The van der Waals surface area contributed by atoms with Crippen LogP contribution >= 0.6 is 11.3 Å². The molecule has 4 heteroatoms. The van der Waals surface area contributed by atoms with E-state index in [-0.39, 0.29) is 0 Å². The second-order valence-corrected chi connectivity index (χ2v) is 9.27. The molecule has 0 saturated heterocycles. The minimum atomic E-state index is 0.947. The van der Waals surface area contributed by atoms with Crippen LogP contribution in [0.3, 0.4) is 0 Å². The van der Waals surface area contributed by atoms with Gasteiger partial charge in [-0.25, -0.2) is 0 Å². The van der Waals surface area contributed by atoms with Gasteiger partial charge in [-0.1, -0.05) is 36.4 Å². The van der Waals surface area contributed by atoms with E-state index in [4.69, 9.17) is 0 Å². The van der Waals surface area contributed by atoms with Gasteiger partial charge in [0, 0.05) is 44.7 Å². The van der Waals surface area contributed by atoms with Crippen molar-refractivity contribution in [1.29, 1.82) is 0 Å². The van der Waals surface area contributed by atoms with E-state index in [2.05, 4.69) is 92.7 Å². The van der Waals surface area contributed by atoms with Crippen LogP contribution in [0.15, 0.2) is 115 Å². The van der Waals surface area contributed by atoms with Gasteiger partial charge in [-0.05, 0) is 71.4 Å². The molecule has 0 aliphatic rings. The third kappa shape index (κ3) is 2.96. The summed E-state index contributed by atoms with van der Waals surface area (Å²) in [5.74, 6) is 0. The first-order valence-electron chi connectivity index (χ1n) is 11.2. The Bertz CT molecular complexity index is 1740. The van der Waals surface area contributed by atoms with E-state index in [9.17, 15) is 0 Å². The van der Waals surface area contributed by atoms with Gasteiger partial charge in [0.2, 0.25) is 0 Å². The maximum Gasteiger partial charge on any atom is 0.0702 e. The minimum Gasteiger partial charge on any atom is -0.309 e. The van der Waals surface area contributed by atoms with Gasteiger partial charge in [-0.3, -0.25) is 9.97 Å². The molecule has 0 aliphatic heterocycles. The van der Waals surface area contributed by atoms with Gasteiger partial charge in [0.1, 0.15) is 0 Å². The van der Waals surface area contributed by atoms with E-state index >= 15 is 0 Å². The maximum absolute atomic E-state index is 4.64. The van der Waals surface area contributed by atoms with Crippen molar-refractivity contribution >= 4 is 43.2 Å². The fourth-order valence-corrected chi connectivity index (χ4v) is 5.81. The van der Waals surface area contributed by atoms with E-state index in [1.54, 1.807) is 11.3 Å². The Morgan fingerprint density at radius 3 is 2.03 bits per heavy atom. The molecule has 0 spiro atoms. The number of para-hydroxylation sites is 1. The van der Waals surface area contributed by atoms with Crippen LogP contribution in [-0.4, -0.2) is 14.5 Å². The average molecular weight is 454 g/mol. The molecule has 0 bridgehead atoms. The maximum atomic E-state index is 4.64. The Labute approximate surface area is 200 Å². The summed E-state index contributed by atoms with van der Waals surface area (Å²) in [6.07, 6.45) is 3.69. The van der Waals surface area contributed by atoms with Crippen molar-refractivity contribution in [3.8, 4) is 28.2 Å². The third-order valence-corrected chi connectivity index (χ3v) is 7.30. The number of thiophene rings is 1. The zero-order valence-corrected chi connectivity index (χ0v) is 19.0. The Balaban J connectivity index is 1.59. The molecule has 0 radical (unpaired) electrons. The summed E-state index contributed by atoms with van der Waals surface area (Å²) < 4.78 is 3.71. The molecule has 4 heterocycles. The number of hydrogen-bond acceptors (Lipinski definition) is 3. The topological polar surface area (TPSA) is 30.7 Å². The SMILES string of the molecule is c1ccc(-c2cc(-c3ccccn3)cc(-n3c4ccccc4c4c5sccc5ccc43)c2)nc1.